The maximum Gasteiger partial charge on any atom is 0.223 e. The Labute approximate surface area is 89.8 Å². The molecule has 1 heterocycles. The summed E-state index contributed by atoms with van der Waals surface area (Å²) >= 11 is 0. The van der Waals surface area contributed by atoms with Crippen LogP contribution in [-0.4, -0.2) is 31.2 Å². The quantitative estimate of drug-likeness (QED) is 0.735. The molecule has 2 fully saturated rings. The molecule has 1 saturated carbocycles. The van der Waals surface area contributed by atoms with Crippen LogP contribution in [0, 0.1) is 5.92 Å². The van der Waals surface area contributed by atoms with Crippen LogP contribution in [0.15, 0.2) is 0 Å². The molecule has 1 aliphatic carbocycles. The molecular weight excluding hydrogens is 195 g/mol. The summed E-state index contributed by atoms with van der Waals surface area (Å²) in [6.45, 7) is 1.39. The molecule has 0 aromatic heterocycles. The number of carbonyl (C=O) groups excluding carboxylic acids is 1. The molecule has 2 N–H and O–H groups in total. The lowest BCUT2D eigenvalue weighted by Crippen LogP contribution is -2.57. The van der Waals surface area contributed by atoms with Crippen molar-refractivity contribution in [2.75, 3.05) is 19.8 Å². The third-order valence-corrected chi connectivity index (χ3v) is 3.66. The fourth-order valence-electron chi connectivity index (χ4n) is 2.34. The van der Waals surface area contributed by atoms with Gasteiger partial charge in [-0.15, -0.1) is 0 Å². The molecule has 4 heteroatoms. The van der Waals surface area contributed by atoms with Crippen LogP contribution in [0.25, 0.3) is 0 Å². The van der Waals surface area contributed by atoms with E-state index in [1.54, 1.807) is 0 Å². The fourth-order valence-corrected chi connectivity index (χ4v) is 2.34. The van der Waals surface area contributed by atoms with Crippen molar-refractivity contribution < 1.29 is 9.18 Å². The first-order chi connectivity index (χ1) is 7.26. The minimum absolute atomic E-state index is 0.0638. The molecule has 1 amide bonds. The van der Waals surface area contributed by atoms with Gasteiger partial charge >= 0.3 is 0 Å². The number of rotatable bonds is 3. The van der Waals surface area contributed by atoms with Gasteiger partial charge in [0.1, 0.15) is 6.67 Å². The molecule has 15 heavy (non-hydrogen) atoms. The van der Waals surface area contributed by atoms with Crippen LogP contribution in [0.4, 0.5) is 4.39 Å². The van der Waals surface area contributed by atoms with E-state index in [0.717, 1.165) is 45.2 Å². The molecule has 0 radical (unpaired) electrons. The normalized spacial score (nSPS) is 25.7. The summed E-state index contributed by atoms with van der Waals surface area (Å²) in [7, 11) is 0. The van der Waals surface area contributed by atoms with Crippen LogP contribution in [0.5, 0.6) is 0 Å². The van der Waals surface area contributed by atoms with E-state index in [1.165, 1.54) is 0 Å². The second-order valence-corrected chi connectivity index (χ2v) is 4.78. The van der Waals surface area contributed by atoms with Gasteiger partial charge in [0.05, 0.1) is 5.54 Å². The van der Waals surface area contributed by atoms with Gasteiger partial charge in [0.25, 0.3) is 0 Å². The second kappa shape index (κ2) is 4.47. The van der Waals surface area contributed by atoms with Gasteiger partial charge < -0.3 is 10.6 Å². The molecule has 2 aliphatic rings. The Bertz CT molecular complexity index is 229. The minimum Gasteiger partial charge on any atom is -0.348 e. The lowest BCUT2D eigenvalue weighted by molar-refractivity contribution is -0.129. The first-order valence-electron chi connectivity index (χ1n) is 5.84. The van der Waals surface area contributed by atoms with E-state index in [4.69, 9.17) is 0 Å². The van der Waals surface area contributed by atoms with Crippen molar-refractivity contribution in [1.29, 1.82) is 0 Å². The molecule has 2 rings (SSSR count). The molecule has 0 bridgehead atoms. The molecule has 0 unspecified atom stereocenters. The zero-order valence-corrected chi connectivity index (χ0v) is 9.02. The van der Waals surface area contributed by atoms with Crippen molar-refractivity contribution in [1.82, 2.24) is 10.6 Å². The number of carbonyl (C=O) groups is 1. The van der Waals surface area contributed by atoms with E-state index in [2.05, 4.69) is 10.6 Å². The Kier molecular flexibility index (Phi) is 3.24. The van der Waals surface area contributed by atoms with Gasteiger partial charge in [-0.1, -0.05) is 0 Å². The van der Waals surface area contributed by atoms with Crippen molar-refractivity contribution in [2.24, 2.45) is 5.92 Å². The second-order valence-electron chi connectivity index (χ2n) is 4.78. The van der Waals surface area contributed by atoms with Gasteiger partial charge in [0.2, 0.25) is 5.91 Å². The van der Waals surface area contributed by atoms with Crippen LogP contribution in [-0.2, 0) is 4.79 Å². The number of nitrogens with one attached hydrogen (secondary N) is 2. The van der Waals surface area contributed by atoms with Crippen molar-refractivity contribution >= 4 is 5.91 Å². The highest BCUT2D eigenvalue weighted by molar-refractivity contribution is 5.79. The average Bonchev–Trinajstić information content (AvgIpc) is 2.24. The third-order valence-electron chi connectivity index (χ3n) is 3.66. The molecular formula is C11H19FN2O. The minimum atomic E-state index is -0.498. The van der Waals surface area contributed by atoms with Crippen molar-refractivity contribution in [3.8, 4) is 0 Å². The summed E-state index contributed by atoms with van der Waals surface area (Å²) in [6, 6.07) is 0. The van der Waals surface area contributed by atoms with Crippen LogP contribution >= 0.6 is 0 Å². The lowest BCUT2D eigenvalue weighted by atomic mass is 9.77. The number of hydrogen-bond donors (Lipinski definition) is 2. The summed E-state index contributed by atoms with van der Waals surface area (Å²) in [4.78, 5) is 11.9. The Morgan fingerprint density at radius 2 is 2.07 bits per heavy atom. The maximum absolute atomic E-state index is 12.8. The highest BCUT2D eigenvalue weighted by atomic mass is 19.1. The van der Waals surface area contributed by atoms with Gasteiger partial charge in [-0.05, 0) is 45.2 Å². The Balaban J connectivity index is 1.85. The van der Waals surface area contributed by atoms with Gasteiger partial charge in [-0.3, -0.25) is 4.79 Å². The highest BCUT2D eigenvalue weighted by Crippen LogP contribution is 2.32. The molecule has 1 saturated heterocycles. The number of hydrogen-bond acceptors (Lipinski definition) is 2. The van der Waals surface area contributed by atoms with Crippen LogP contribution in [0.3, 0.4) is 0 Å². The molecule has 0 spiro atoms. The van der Waals surface area contributed by atoms with Crippen molar-refractivity contribution in [3.63, 3.8) is 0 Å². The third kappa shape index (κ3) is 2.30. The van der Waals surface area contributed by atoms with E-state index in [0.29, 0.717) is 0 Å². The first kappa shape index (κ1) is 10.9. The SMILES string of the molecule is O=C(NC1(CF)CCC1)C1CCNCC1. The fraction of sp³-hybridized carbons (Fsp3) is 0.909. The van der Waals surface area contributed by atoms with E-state index in [9.17, 15) is 9.18 Å². The summed E-state index contributed by atoms with van der Waals surface area (Å²) in [5, 5.41) is 6.13. The topological polar surface area (TPSA) is 41.1 Å². The molecule has 3 nitrogen and oxygen atoms in total. The van der Waals surface area contributed by atoms with Gasteiger partial charge in [0.15, 0.2) is 0 Å². The van der Waals surface area contributed by atoms with E-state index in [1.807, 2.05) is 0 Å². The Morgan fingerprint density at radius 1 is 1.40 bits per heavy atom. The lowest BCUT2D eigenvalue weighted by Gasteiger charge is -2.41. The monoisotopic (exact) mass is 214 g/mol. The average molecular weight is 214 g/mol. The number of alkyl halides is 1. The molecule has 0 aromatic rings. The number of piperidine rings is 1. The number of halogens is 1. The molecule has 0 atom stereocenters. The van der Waals surface area contributed by atoms with Gasteiger partial charge in [-0.2, -0.15) is 0 Å². The summed E-state index contributed by atoms with van der Waals surface area (Å²) in [5.74, 6) is 0.157. The molecule has 1 aliphatic heterocycles. The predicted molar refractivity (Wildman–Crippen MR) is 56.3 cm³/mol. The standard InChI is InChI=1S/C11H19FN2O/c12-8-11(4-1-5-11)14-10(15)9-2-6-13-7-3-9/h9,13H,1-8H2,(H,14,15). The summed E-state index contributed by atoms with van der Waals surface area (Å²) in [5.41, 5.74) is -0.498. The van der Waals surface area contributed by atoms with E-state index in [-0.39, 0.29) is 11.8 Å². The first-order valence-corrected chi connectivity index (χ1v) is 5.84. The van der Waals surface area contributed by atoms with E-state index >= 15 is 0 Å². The molecule has 0 aromatic carbocycles. The van der Waals surface area contributed by atoms with Crippen LogP contribution < -0.4 is 10.6 Å². The largest absolute Gasteiger partial charge is 0.348 e. The van der Waals surface area contributed by atoms with Crippen LogP contribution in [0.2, 0.25) is 0 Å². The summed E-state index contributed by atoms with van der Waals surface area (Å²) < 4.78 is 12.8. The zero-order valence-electron chi connectivity index (χ0n) is 9.02. The van der Waals surface area contributed by atoms with Crippen LogP contribution in [0.1, 0.15) is 32.1 Å². The Morgan fingerprint density at radius 3 is 2.53 bits per heavy atom. The maximum atomic E-state index is 12.8. The predicted octanol–water partition coefficient (Wildman–Crippen LogP) is 0.994. The smallest absolute Gasteiger partial charge is 0.223 e. The highest BCUT2D eigenvalue weighted by Gasteiger charge is 2.39. The molecule has 86 valence electrons. The van der Waals surface area contributed by atoms with Crippen molar-refractivity contribution in [2.45, 2.75) is 37.6 Å². The Hall–Kier alpha value is -0.640. The summed E-state index contributed by atoms with van der Waals surface area (Å²) in [6.07, 6.45) is 4.42. The van der Waals surface area contributed by atoms with E-state index < -0.39 is 12.2 Å². The number of amides is 1. The van der Waals surface area contributed by atoms with Crippen molar-refractivity contribution in [3.05, 3.63) is 0 Å². The zero-order chi connectivity index (χ0) is 10.7. The van der Waals surface area contributed by atoms with Gasteiger partial charge in [0, 0.05) is 5.92 Å². The van der Waals surface area contributed by atoms with Gasteiger partial charge in [-0.25, -0.2) is 4.39 Å².